The summed E-state index contributed by atoms with van der Waals surface area (Å²) in [4.78, 5) is 0. The molecule has 0 aliphatic rings. The van der Waals surface area contributed by atoms with Crippen molar-refractivity contribution in [2.24, 2.45) is 0 Å². The van der Waals surface area contributed by atoms with Crippen LogP contribution in [0.25, 0.3) is 0 Å². The molecule has 102 valence electrons. The Morgan fingerprint density at radius 1 is 1.11 bits per heavy atom. The molecule has 6 heteroatoms. The second-order valence-corrected chi connectivity index (χ2v) is 4.41. The molecular formula is C12H15F3O3. The summed E-state index contributed by atoms with van der Waals surface area (Å²) in [7, 11) is 0. The molecule has 0 saturated carbocycles. The van der Waals surface area contributed by atoms with Crippen LogP contribution in [0.1, 0.15) is 20.3 Å². The van der Waals surface area contributed by atoms with Crippen LogP contribution in [-0.4, -0.2) is 23.7 Å². The molecule has 0 radical (unpaired) electrons. The number of halogens is 3. The van der Waals surface area contributed by atoms with Crippen LogP contribution in [0.2, 0.25) is 0 Å². The minimum atomic E-state index is -4.75. The van der Waals surface area contributed by atoms with E-state index in [0.29, 0.717) is 6.42 Å². The summed E-state index contributed by atoms with van der Waals surface area (Å²) < 4.78 is 45.3. The van der Waals surface area contributed by atoms with E-state index in [1.807, 2.05) is 0 Å². The van der Waals surface area contributed by atoms with E-state index in [4.69, 9.17) is 4.74 Å². The third-order valence-electron chi connectivity index (χ3n) is 2.05. The maximum Gasteiger partial charge on any atom is 0.573 e. The van der Waals surface area contributed by atoms with Crippen molar-refractivity contribution >= 4 is 0 Å². The van der Waals surface area contributed by atoms with E-state index in [1.165, 1.54) is 18.2 Å². The first-order valence-electron chi connectivity index (χ1n) is 5.37. The third-order valence-corrected chi connectivity index (χ3v) is 2.05. The first kappa shape index (κ1) is 14.6. The smallest absolute Gasteiger partial charge is 0.490 e. The molecular weight excluding hydrogens is 249 g/mol. The van der Waals surface area contributed by atoms with Crippen molar-refractivity contribution in [3.8, 4) is 11.5 Å². The number of benzene rings is 1. The fourth-order valence-electron chi connectivity index (χ4n) is 1.19. The maximum atomic E-state index is 12.1. The Hall–Kier alpha value is -1.43. The molecule has 1 aromatic carbocycles. The Bertz CT molecular complexity index is 383. The lowest BCUT2D eigenvalue weighted by Gasteiger charge is -2.18. The summed E-state index contributed by atoms with van der Waals surface area (Å²) in [6, 6.07) is 5.52. The van der Waals surface area contributed by atoms with Gasteiger partial charge in [0.1, 0.15) is 0 Å². The fraction of sp³-hybridized carbons (Fsp3) is 0.500. The Labute approximate surface area is 103 Å². The summed E-state index contributed by atoms with van der Waals surface area (Å²) in [6.45, 7) is 3.28. The zero-order valence-electron chi connectivity index (χ0n) is 10.1. The van der Waals surface area contributed by atoms with Gasteiger partial charge in [0.05, 0.1) is 12.2 Å². The summed E-state index contributed by atoms with van der Waals surface area (Å²) in [6.07, 6.45) is -4.46. The highest BCUT2D eigenvalue weighted by Gasteiger charge is 2.32. The molecule has 1 N–H and O–H groups in total. The third kappa shape index (κ3) is 5.77. The Morgan fingerprint density at radius 2 is 1.67 bits per heavy atom. The Morgan fingerprint density at radius 3 is 2.17 bits per heavy atom. The molecule has 0 bridgehead atoms. The quantitative estimate of drug-likeness (QED) is 0.888. The highest BCUT2D eigenvalue weighted by atomic mass is 19.4. The molecule has 0 amide bonds. The molecule has 0 spiro atoms. The van der Waals surface area contributed by atoms with E-state index in [2.05, 4.69) is 4.74 Å². The van der Waals surface area contributed by atoms with Gasteiger partial charge in [0, 0.05) is 6.42 Å². The van der Waals surface area contributed by atoms with Gasteiger partial charge in [-0.15, -0.1) is 13.2 Å². The van der Waals surface area contributed by atoms with Crippen LogP contribution < -0.4 is 9.47 Å². The lowest BCUT2D eigenvalue weighted by Crippen LogP contribution is -2.22. The summed E-state index contributed by atoms with van der Waals surface area (Å²) in [5.41, 5.74) is -0.931. The van der Waals surface area contributed by atoms with Gasteiger partial charge >= 0.3 is 6.36 Å². The number of aliphatic hydroxyl groups is 1. The maximum absolute atomic E-state index is 12.1. The number of rotatable bonds is 5. The average Bonchev–Trinajstić information content (AvgIpc) is 2.16. The lowest BCUT2D eigenvalue weighted by atomic mass is 10.1. The van der Waals surface area contributed by atoms with Crippen LogP contribution >= 0.6 is 0 Å². The molecule has 0 fully saturated rings. The van der Waals surface area contributed by atoms with E-state index >= 15 is 0 Å². The van der Waals surface area contributed by atoms with E-state index in [0.717, 1.165) is 0 Å². The van der Waals surface area contributed by atoms with E-state index < -0.39 is 12.0 Å². The van der Waals surface area contributed by atoms with Crippen molar-refractivity contribution < 1.29 is 27.8 Å². The molecule has 3 nitrogen and oxygen atoms in total. The second kappa shape index (κ2) is 5.48. The molecule has 18 heavy (non-hydrogen) atoms. The van der Waals surface area contributed by atoms with Crippen molar-refractivity contribution in [3.63, 3.8) is 0 Å². The van der Waals surface area contributed by atoms with Crippen molar-refractivity contribution in [2.45, 2.75) is 32.2 Å². The van der Waals surface area contributed by atoms with Crippen LogP contribution in [0.3, 0.4) is 0 Å². The predicted octanol–water partition coefficient (Wildman–Crippen LogP) is 3.13. The van der Waals surface area contributed by atoms with Gasteiger partial charge in [-0.1, -0.05) is 12.1 Å². The van der Waals surface area contributed by atoms with Gasteiger partial charge < -0.3 is 14.6 Å². The van der Waals surface area contributed by atoms with Gasteiger partial charge in [-0.05, 0) is 26.0 Å². The number of alkyl halides is 3. The molecule has 0 atom stereocenters. The summed E-state index contributed by atoms with van der Waals surface area (Å²) >= 11 is 0. The van der Waals surface area contributed by atoms with E-state index in [9.17, 15) is 18.3 Å². The van der Waals surface area contributed by atoms with Gasteiger partial charge in [-0.25, -0.2) is 0 Å². The number of para-hydroxylation sites is 2. The molecule has 0 aliphatic heterocycles. The second-order valence-electron chi connectivity index (χ2n) is 4.41. The van der Waals surface area contributed by atoms with Crippen LogP contribution in [0.4, 0.5) is 13.2 Å². The van der Waals surface area contributed by atoms with Crippen LogP contribution in [0.15, 0.2) is 24.3 Å². The van der Waals surface area contributed by atoms with Crippen molar-refractivity contribution in [3.05, 3.63) is 24.3 Å². The molecule has 0 aliphatic carbocycles. The van der Waals surface area contributed by atoms with E-state index in [1.54, 1.807) is 19.9 Å². The molecule has 0 aromatic heterocycles. The van der Waals surface area contributed by atoms with Crippen molar-refractivity contribution in [1.29, 1.82) is 0 Å². The minimum absolute atomic E-state index is 0.000856. The standard InChI is InChI=1S/C12H15F3O3/c1-11(2,16)7-8-17-9-5-3-4-6-10(9)18-12(13,14)15/h3-6,16H,7-8H2,1-2H3. The first-order valence-corrected chi connectivity index (χ1v) is 5.37. The molecule has 0 heterocycles. The largest absolute Gasteiger partial charge is 0.573 e. The van der Waals surface area contributed by atoms with Crippen molar-refractivity contribution in [1.82, 2.24) is 0 Å². The van der Waals surface area contributed by atoms with Crippen LogP contribution in [0.5, 0.6) is 11.5 Å². The topological polar surface area (TPSA) is 38.7 Å². The Kier molecular flexibility index (Phi) is 4.45. The van der Waals surface area contributed by atoms with Crippen LogP contribution in [-0.2, 0) is 0 Å². The predicted molar refractivity (Wildman–Crippen MR) is 59.5 cm³/mol. The minimum Gasteiger partial charge on any atom is -0.490 e. The van der Waals surface area contributed by atoms with Gasteiger partial charge in [0.15, 0.2) is 11.5 Å². The lowest BCUT2D eigenvalue weighted by molar-refractivity contribution is -0.275. The fourth-order valence-corrected chi connectivity index (χ4v) is 1.19. The molecule has 1 rings (SSSR count). The van der Waals surface area contributed by atoms with Gasteiger partial charge in [0.2, 0.25) is 0 Å². The number of hydrogen-bond donors (Lipinski definition) is 1. The average molecular weight is 264 g/mol. The molecule has 0 unspecified atom stereocenters. The first-order chi connectivity index (χ1) is 8.17. The van der Waals surface area contributed by atoms with E-state index in [-0.39, 0.29) is 18.1 Å². The highest BCUT2D eigenvalue weighted by molar-refractivity contribution is 5.39. The van der Waals surface area contributed by atoms with Gasteiger partial charge in [-0.2, -0.15) is 0 Å². The zero-order valence-corrected chi connectivity index (χ0v) is 10.1. The Balaban J connectivity index is 2.65. The summed E-state index contributed by atoms with van der Waals surface area (Å²) in [5, 5.41) is 9.46. The molecule has 1 aromatic rings. The summed E-state index contributed by atoms with van der Waals surface area (Å²) in [5.74, 6) is -0.389. The number of hydrogen-bond acceptors (Lipinski definition) is 3. The monoisotopic (exact) mass is 264 g/mol. The highest BCUT2D eigenvalue weighted by Crippen LogP contribution is 2.31. The van der Waals surface area contributed by atoms with Gasteiger partial charge in [0.25, 0.3) is 0 Å². The zero-order chi connectivity index (χ0) is 13.8. The van der Waals surface area contributed by atoms with Gasteiger partial charge in [-0.3, -0.25) is 0 Å². The SMILES string of the molecule is CC(C)(O)CCOc1ccccc1OC(F)(F)F. The number of ether oxygens (including phenoxy) is 2. The molecule has 0 saturated heterocycles. The van der Waals surface area contributed by atoms with Crippen molar-refractivity contribution in [2.75, 3.05) is 6.61 Å². The van der Waals surface area contributed by atoms with Crippen LogP contribution in [0, 0.1) is 0 Å². The normalized spacial score (nSPS) is 12.3.